The molecule has 0 atom stereocenters. The van der Waals surface area contributed by atoms with Crippen molar-refractivity contribution in [2.75, 3.05) is 28.4 Å². The van der Waals surface area contributed by atoms with E-state index in [2.05, 4.69) is 15.3 Å². The highest BCUT2D eigenvalue weighted by Gasteiger charge is 2.15. The van der Waals surface area contributed by atoms with E-state index in [-0.39, 0.29) is 5.91 Å². The number of rotatable bonds is 6. The molecule has 7 nitrogen and oxygen atoms in total. The van der Waals surface area contributed by atoms with Crippen molar-refractivity contribution in [2.24, 2.45) is 0 Å². The van der Waals surface area contributed by atoms with Crippen LogP contribution in [0.25, 0.3) is 33.3 Å². The zero-order valence-electron chi connectivity index (χ0n) is 18.3. The van der Waals surface area contributed by atoms with Gasteiger partial charge in [-0.25, -0.2) is 9.97 Å². The summed E-state index contributed by atoms with van der Waals surface area (Å²) in [7, 11) is 6.35. The van der Waals surface area contributed by atoms with Crippen LogP contribution in [0.1, 0.15) is 10.4 Å². The molecule has 0 bridgehead atoms. The molecule has 0 aliphatic carbocycles. The van der Waals surface area contributed by atoms with Crippen LogP contribution in [-0.2, 0) is 0 Å². The maximum atomic E-state index is 12.1. The molecule has 32 heavy (non-hydrogen) atoms. The number of methoxy groups -OCH3 is 3. The van der Waals surface area contributed by atoms with Crippen LogP contribution in [0.3, 0.4) is 0 Å². The SMILES string of the molecule is CNC(=O)c1ccc(-c2ncnc3ccc(-c4ccc(OC)c(OC)c4)cc23)cc1OC. The average molecular weight is 429 g/mol. The lowest BCUT2D eigenvalue weighted by molar-refractivity contribution is 0.0960. The number of nitrogens with one attached hydrogen (secondary N) is 1. The molecule has 1 heterocycles. The van der Waals surface area contributed by atoms with Gasteiger partial charge in [-0.05, 0) is 47.5 Å². The molecular weight excluding hydrogens is 406 g/mol. The number of benzene rings is 3. The molecule has 0 aliphatic rings. The number of fused-ring (bicyclic) bond motifs is 1. The summed E-state index contributed by atoms with van der Waals surface area (Å²) in [6, 6.07) is 17.2. The number of hydrogen-bond acceptors (Lipinski definition) is 6. The summed E-state index contributed by atoms with van der Waals surface area (Å²) in [6.45, 7) is 0. The Morgan fingerprint density at radius 2 is 1.41 bits per heavy atom. The van der Waals surface area contributed by atoms with Crippen molar-refractivity contribution >= 4 is 16.8 Å². The molecule has 0 radical (unpaired) electrons. The van der Waals surface area contributed by atoms with Crippen LogP contribution in [0.15, 0.2) is 60.9 Å². The largest absolute Gasteiger partial charge is 0.496 e. The first-order valence-electron chi connectivity index (χ1n) is 9.97. The van der Waals surface area contributed by atoms with Gasteiger partial charge in [0.2, 0.25) is 0 Å². The molecule has 0 spiro atoms. The van der Waals surface area contributed by atoms with E-state index in [4.69, 9.17) is 14.2 Å². The molecule has 0 fully saturated rings. The fourth-order valence-electron chi connectivity index (χ4n) is 3.64. The summed E-state index contributed by atoms with van der Waals surface area (Å²) in [5.41, 5.74) is 4.82. The Bertz CT molecular complexity index is 1300. The first-order valence-corrected chi connectivity index (χ1v) is 9.97. The van der Waals surface area contributed by atoms with E-state index in [0.29, 0.717) is 22.8 Å². The van der Waals surface area contributed by atoms with Crippen LogP contribution >= 0.6 is 0 Å². The van der Waals surface area contributed by atoms with E-state index in [1.165, 1.54) is 6.33 Å². The highest BCUT2D eigenvalue weighted by atomic mass is 16.5. The summed E-state index contributed by atoms with van der Waals surface area (Å²) < 4.78 is 16.2. The number of carbonyl (C=O) groups is 1. The summed E-state index contributed by atoms with van der Waals surface area (Å²) in [5, 5.41) is 3.51. The summed E-state index contributed by atoms with van der Waals surface area (Å²) in [5.74, 6) is 1.59. The quantitative estimate of drug-likeness (QED) is 0.491. The minimum atomic E-state index is -0.211. The number of carbonyl (C=O) groups excluding carboxylic acids is 1. The van der Waals surface area contributed by atoms with Crippen LogP contribution in [0.2, 0.25) is 0 Å². The zero-order chi connectivity index (χ0) is 22.7. The van der Waals surface area contributed by atoms with Crippen LogP contribution in [0.5, 0.6) is 17.2 Å². The first-order chi connectivity index (χ1) is 15.6. The predicted octanol–water partition coefficient (Wildman–Crippen LogP) is 4.35. The summed E-state index contributed by atoms with van der Waals surface area (Å²) >= 11 is 0. The lowest BCUT2D eigenvalue weighted by atomic mass is 9.99. The van der Waals surface area contributed by atoms with Gasteiger partial charge in [-0.1, -0.05) is 18.2 Å². The Labute approximate surface area is 186 Å². The van der Waals surface area contributed by atoms with E-state index >= 15 is 0 Å². The molecule has 3 aromatic carbocycles. The van der Waals surface area contributed by atoms with E-state index in [1.807, 2.05) is 48.5 Å². The first kappa shape index (κ1) is 21.1. The molecule has 1 amide bonds. The van der Waals surface area contributed by atoms with Crippen molar-refractivity contribution in [2.45, 2.75) is 0 Å². The normalized spacial score (nSPS) is 10.6. The van der Waals surface area contributed by atoms with Crippen LogP contribution in [0, 0.1) is 0 Å². The van der Waals surface area contributed by atoms with E-state index in [9.17, 15) is 4.79 Å². The van der Waals surface area contributed by atoms with E-state index in [0.717, 1.165) is 33.3 Å². The summed E-state index contributed by atoms with van der Waals surface area (Å²) in [4.78, 5) is 21.1. The van der Waals surface area contributed by atoms with Crippen molar-refractivity contribution in [3.8, 4) is 39.6 Å². The van der Waals surface area contributed by atoms with Crippen LogP contribution in [0.4, 0.5) is 0 Å². The fraction of sp³-hybridized carbons (Fsp3) is 0.160. The Morgan fingerprint density at radius 1 is 0.750 bits per heavy atom. The lowest BCUT2D eigenvalue weighted by Crippen LogP contribution is -2.18. The third-order valence-electron chi connectivity index (χ3n) is 5.30. The Hall–Kier alpha value is -4.13. The zero-order valence-corrected chi connectivity index (χ0v) is 18.3. The Morgan fingerprint density at radius 3 is 2.12 bits per heavy atom. The highest BCUT2D eigenvalue weighted by Crippen LogP contribution is 2.35. The van der Waals surface area contributed by atoms with Gasteiger partial charge in [0.05, 0.1) is 38.1 Å². The maximum absolute atomic E-state index is 12.1. The second kappa shape index (κ2) is 8.93. The second-order valence-electron chi connectivity index (χ2n) is 7.02. The molecule has 4 rings (SSSR count). The number of nitrogens with zero attached hydrogens (tertiary/aromatic N) is 2. The van der Waals surface area contributed by atoms with Gasteiger partial charge in [0.1, 0.15) is 12.1 Å². The number of ether oxygens (including phenoxy) is 3. The molecule has 1 N–H and O–H groups in total. The van der Waals surface area contributed by atoms with E-state index < -0.39 is 0 Å². The molecule has 0 saturated carbocycles. The van der Waals surface area contributed by atoms with Crippen LogP contribution in [-0.4, -0.2) is 44.3 Å². The number of amides is 1. The molecule has 162 valence electrons. The van der Waals surface area contributed by atoms with Crippen molar-refractivity contribution in [1.82, 2.24) is 15.3 Å². The second-order valence-corrected chi connectivity index (χ2v) is 7.02. The molecule has 0 unspecified atom stereocenters. The van der Waals surface area contributed by atoms with Crippen LogP contribution < -0.4 is 19.5 Å². The Kier molecular flexibility index (Phi) is 5.89. The topological polar surface area (TPSA) is 82.6 Å². The molecule has 1 aromatic heterocycles. The van der Waals surface area contributed by atoms with Gasteiger partial charge < -0.3 is 19.5 Å². The Balaban J connectivity index is 1.85. The van der Waals surface area contributed by atoms with Gasteiger partial charge >= 0.3 is 0 Å². The van der Waals surface area contributed by atoms with Gasteiger partial charge in [-0.2, -0.15) is 0 Å². The third kappa shape index (κ3) is 3.80. The van der Waals surface area contributed by atoms with Crippen molar-refractivity contribution in [3.63, 3.8) is 0 Å². The lowest BCUT2D eigenvalue weighted by Gasteiger charge is -2.12. The number of aromatic nitrogens is 2. The summed E-state index contributed by atoms with van der Waals surface area (Å²) in [6.07, 6.45) is 1.53. The molecule has 7 heteroatoms. The minimum Gasteiger partial charge on any atom is -0.496 e. The molecule has 0 saturated heterocycles. The fourth-order valence-corrected chi connectivity index (χ4v) is 3.64. The third-order valence-corrected chi connectivity index (χ3v) is 5.30. The van der Waals surface area contributed by atoms with Gasteiger partial charge in [0.15, 0.2) is 11.5 Å². The minimum absolute atomic E-state index is 0.211. The predicted molar refractivity (Wildman–Crippen MR) is 123 cm³/mol. The van der Waals surface area contributed by atoms with Crippen molar-refractivity contribution < 1.29 is 19.0 Å². The molecule has 0 aliphatic heterocycles. The van der Waals surface area contributed by atoms with Crippen molar-refractivity contribution in [3.05, 3.63) is 66.5 Å². The van der Waals surface area contributed by atoms with E-state index in [1.54, 1.807) is 34.4 Å². The highest BCUT2D eigenvalue weighted by molar-refractivity contribution is 5.99. The van der Waals surface area contributed by atoms with Gasteiger partial charge in [0.25, 0.3) is 5.91 Å². The molecule has 4 aromatic rings. The molecular formula is C25H23N3O4. The van der Waals surface area contributed by atoms with Crippen molar-refractivity contribution in [1.29, 1.82) is 0 Å². The maximum Gasteiger partial charge on any atom is 0.254 e. The van der Waals surface area contributed by atoms with Gasteiger partial charge in [-0.3, -0.25) is 4.79 Å². The monoisotopic (exact) mass is 429 g/mol. The average Bonchev–Trinajstić information content (AvgIpc) is 2.86. The van der Waals surface area contributed by atoms with Gasteiger partial charge in [0, 0.05) is 18.0 Å². The standard InChI is InChI=1S/C25H23N3O4/c1-26-25(29)18-8-5-17(13-22(18)31-3)24-19-11-15(6-9-20(19)27-14-28-24)16-7-10-21(30-2)23(12-16)32-4/h5-14H,1-4H3,(H,26,29). The van der Waals surface area contributed by atoms with Gasteiger partial charge in [-0.15, -0.1) is 0 Å². The smallest absolute Gasteiger partial charge is 0.254 e. The number of hydrogen-bond donors (Lipinski definition) is 1.